The minimum Gasteiger partial charge on any atom is -0.744 e. The molecule has 0 aliphatic heterocycles. The van der Waals surface area contributed by atoms with Crippen LogP contribution in [0.15, 0.2) is 53.4 Å². The van der Waals surface area contributed by atoms with Crippen LogP contribution in [-0.2, 0) is 10.1 Å². The molecule has 0 heterocycles. The first-order valence-corrected chi connectivity index (χ1v) is 10.3. The number of ketones is 2. The zero-order valence-electron chi connectivity index (χ0n) is 16.9. The Hall–Kier alpha value is -2.76. The van der Waals surface area contributed by atoms with E-state index in [1.54, 1.807) is 12.1 Å². The molecule has 0 saturated heterocycles. The van der Waals surface area contributed by atoms with Crippen molar-refractivity contribution in [3.05, 3.63) is 76.6 Å². The maximum Gasteiger partial charge on any atom is 1.00 e. The largest absolute Gasteiger partial charge is 1.00 e. The van der Waals surface area contributed by atoms with Crippen molar-refractivity contribution in [2.24, 2.45) is 0 Å². The number of fused-ring (bicyclic) bond motifs is 2. The number of halogens is 1. The topological polar surface area (TPSA) is 139 Å². The molecule has 0 radical (unpaired) electrons. The van der Waals surface area contributed by atoms with Gasteiger partial charge in [0, 0.05) is 22.9 Å². The smallest absolute Gasteiger partial charge is 0.744 e. The fraction of sp³-hybridized carbons (Fsp3) is 0.0476. The molecule has 1 aliphatic rings. The van der Waals surface area contributed by atoms with Crippen LogP contribution in [0.5, 0.6) is 5.75 Å². The number of carbonyl (C=O) groups is 2. The number of nitrogen functional groups attached to an aromatic ring is 1. The number of nitrogens with one attached hydrogen (secondary N) is 1. The molecule has 158 valence electrons. The molecule has 0 spiro atoms. The standard InChI is InChI=1S/C21H15FN2O6S.Na/c1-30-15-8-10(6-7-13(15)22)24-14-9-16(31(27,28)29)19(23)18-17(14)20(25)11-4-2-3-5-12(11)21(18)26;/h2-9,24H,23H2,1H3,(H,27,28,29);/q;+1/p-1. The molecule has 0 fully saturated rings. The zero-order chi connectivity index (χ0) is 22.5. The van der Waals surface area contributed by atoms with Crippen LogP contribution >= 0.6 is 0 Å². The summed E-state index contributed by atoms with van der Waals surface area (Å²) in [5, 5.41) is 2.78. The van der Waals surface area contributed by atoms with Gasteiger partial charge in [-0.05, 0) is 18.2 Å². The number of rotatable bonds is 4. The van der Waals surface area contributed by atoms with Crippen LogP contribution in [0.2, 0.25) is 0 Å². The van der Waals surface area contributed by atoms with Crippen molar-refractivity contribution in [2.45, 2.75) is 4.90 Å². The van der Waals surface area contributed by atoms with Gasteiger partial charge in [-0.15, -0.1) is 0 Å². The van der Waals surface area contributed by atoms with Crippen molar-refractivity contribution in [3.63, 3.8) is 0 Å². The Morgan fingerprint density at radius 3 is 2.16 bits per heavy atom. The average Bonchev–Trinajstić information content (AvgIpc) is 2.73. The molecule has 0 aromatic heterocycles. The van der Waals surface area contributed by atoms with Crippen molar-refractivity contribution in [2.75, 3.05) is 18.2 Å². The predicted octanol–water partition coefficient (Wildman–Crippen LogP) is -0.156. The minimum absolute atomic E-state index is 0. The Morgan fingerprint density at radius 2 is 1.59 bits per heavy atom. The van der Waals surface area contributed by atoms with Crippen molar-refractivity contribution < 1.29 is 61.2 Å². The molecule has 3 aromatic carbocycles. The molecule has 4 rings (SSSR count). The van der Waals surface area contributed by atoms with E-state index in [2.05, 4.69) is 5.32 Å². The van der Waals surface area contributed by atoms with Gasteiger partial charge in [0.2, 0.25) is 0 Å². The van der Waals surface area contributed by atoms with Crippen LogP contribution in [0.4, 0.5) is 21.5 Å². The second-order valence-corrected chi connectivity index (χ2v) is 8.07. The Bertz CT molecular complexity index is 1390. The normalized spacial score (nSPS) is 12.5. The maximum absolute atomic E-state index is 13.7. The van der Waals surface area contributed by atoms with Crippen LogP contribution in [0, 0.1) is 5.82 Å². The fourth-order valence-electron chi connectivity index (χ4n) is 3.49. The van der Waals surface area contributed by atoms with Crippen LogP contribution < -0.4 is 45.3 Å². The van der Waals surface area contributed by atoms with Crippen molar-refractivity contribution in [1.82, 2.24) is 0 Å². The summed E-state index contributed by atoms with van der Waals surface area (Å²) in [6.45, 7) is 0. The van der Waals surface area contributed by atoms with E-state index in [1.165, 1.54) is 31.4 Å². The SMILES string of the molecule is COc1cc(Nc2cc(S(=O)(=O)[O-])c(N)c3c2C(=O)c2ccccc2C3=O)ccc1F.[Na+]. The Labute approximate surface area is 204 Å². The quantitative estimate of drug-likeness (QED) is 0.241. The Morgan fingerprint density at radius 1 is 1.00 bits per heavy atom. The first-order chi connectivity index (χ1) is 14.6. The average molecular weight is 464 g/mol. The van der Waals surface area contributed by atoms with Crippen molar-refractivity contribution in [3.8, 4) is 5.75 Å². The van der Waals surface area contributed by atoms with E-state index in [-0.39, 0.29) is 68.9 Å². The minimum atomic E-state index is -5.08. The summed E-state index contributed by atoms with van der Waals surface area (Å²) in [5.74, 6) is -2.02. The molecule has 1 aliphatic carbocycles. The first-order valence-electron chi connectivity index (χ1n) is 8.85. The Balaban J connectivity index is 0.00000289. The summed E-state index contributed by atoms with van der Waals surface area (Å²) >= 11 is 0. The number of hydrogen-bond acceptors (Lipinski definition) is 8. The van der Waals surface area contributed by atoms with Gasteiger partial charge in [0.05, 0.1) is 34.5 Å². The number of hydrogen-bond donors (Lipinski definition) is 2. The van der Waals surface area contributed by atoms with Crippen LogP contribution in [0.1, 0.15) is 31.8 Å². The van der Waals surface area contributed by atoms with Gasteiger partial charge in [0.15, 0.2) is 23.1 Å². The van der Waals surface area contributed by atoms with Crippen LogP contribution in [0.25, 0.3) is 0 Å². The summed E-state index contributed by atoms with van der Waals surface area (Å²) in [7, 11) is -3.82. The predicted molar refractivity (Wildman–Crippen MR) is 108 cm³/mol. The molecule has 11 heteroatoms. The molecular formula is C21H14FN2NaO6S. The van der Waals surface area contributed by atoms with Gasteiger partial charge < -0.3 is 20.3 Å². The molecule has 0 saturated carbocycles. The van der Waals surface area contributed by atoms with E-state index in [9.17, 15) is 27.0 Å². The van der Waals surface area contributed by atoms with Gasteiger partial charge in [-0.2, -0.15) is 0 Å². The van der Waals surface area contributed by atoms with Gasteiger partial charge in [0.25, 0.3) is 0 Å². The zero-order valence-corrected chi connectivity index (χ0v) is 19.7. The number of nitrogens with two attached hydrogens (primary N) is 1. The van der Waals surface area contributed by atoms with Crippen LogP contribution in [-0.4, -0.2) is 31.6 Å². The summed E-state index contributed by atoms with van der Waals surface area (Å²) in [6.07, 6.45) is 0. The first kappa shape index (κ1) is 23.9. The van der Waals surface area contributed by atoms with E-state index in [0.29, 0.717) is 0 Å². The summed E-state index contributed by atoms with van der Waals surface area (Å²) in [5.41, 5.74) is 4.95. The molecule has 0 unspecified atom stereocenters. The van der Waals surface area contributed by atoms with E-state index in [0.717, 1.165) is 12.1 Å². The second-order valence-electron chi connectivity index (χ2n) is 6.72. The number of carbonyl (C=O) groups excluding carboxylic acids is 2. The Kier molecular flexibility index (Phi) is 6.45. The summed E-state index contributed by atoms with van der Waals surface area (Å²) < 4.78 is 54.0. The summed E-state index contributed by atoms with van der Waals surface area (Å²) in [6, 6.07) is 10.6. The number of anilines is 3. The number of benzene rings is 3. The van der Waals surface area contributed by atoms with E-state index in [4.69, 9.17) is 10.5 Å². The monoisotopic (exact) mass is 464 g/mol. The molecule has 0 atom stereocenters. The van der Waals surface area contributed by atoms with Crippen molar-refractivity contribution >= 4 is 38.7 Å². The maximum atomic E-state index is 13.7. The number of ether oxygens (including phenoxy) is 1. The van der Waals surface area contributed by atoms with E-state index < -0.39 is 38.1 Å². The fourth-order valence-corrected chi connectivity index (χ4v) is 4.13. The second kappa shape index (κ2) is 8.64. The molecule has 3 N–H and O–H groups in total. The number of methoxy groups -OCH3 is 1. The summed E-state index contributed by atoms with van der Waals surface area (Å²) in [4.78, 5) is 25.4. The molecule has 3 aromatic rings. The molecule has 0 amide bonds. The molecular weight excluding hydrogens is 450 g/mol. The van der Waals surface area contributed by atoms with E-state index in [1.807, 2.05) is 0 Å². The third kappa shape index (κ3) is 3.91. The van der Waals surface area contributed by atoms with Gasteiger partial charge in [-0.25, -0.2) is 12.8 Å². The molecule has 32 heavy (non-hydrogen) atoms. The van der Waals surface area contributed by atoms with E-state index >= 15 is 0 Å². The van der Waals surface area contributed by atoms with Crippen molar-refractivity contribution in [1.29, 1.82) is 0 Å². The third-order valence-corrected chi connectivity index (χ3v) is 5.78. The molecule has 8 nitrogen and oxygen atoms in total. The van der Waals surface area contributed by atoms with Crippen LogP contribution in [0.3, 0.4) is 0 Å². The van der Waals surface area contributed by atoms with Gasteiger partial charge in [0.1, 0.15) is 10.1 Å². The molecule has 0 bridgehead atoms. The van der Waals surface area contributed by atoms with Gasteiger partial charge in [-0.3, -0.25) is 9.59 Å². The van der Waals surface area contributed by atoms with Gasteiger partial charge in [-0.1, -0.05) is 24.3 Å². The van der Waals surface area contributed by atoms with Gasteiger partial charge >= 0.3 is 29.6 Å². The third-order valence-electron chi connectivity index (χ3n) is 4.90.